The molecule has 0 aromatic carbocycles. The summed E-state index contributed by atoms with van der Waals surface area (Å²) in [5.74, 6) is -0.794. The molecule has 0 aromatic heterocycles. The molecule has 2 heterocycles. The minimum atomic E-state index is -0.575. The molecule has 17 heavy (non-hydrogen) atoms. The van der Waals surface area contributed by atoms with Gasteiger partial charge in [0.25, 0.3) is 0 Å². The van der Waals surface area contributed by atoms with Gasteiger partial charge in [-0.15, -0.1) is 0 Å². The number of hydrogen-bond donors (Lipinski definition) is 0. The van der Waals surface area contributed by atoms with Crippen LogP contribution in [0, 0.1) is 0 Å². The van der Waals surface area contributed by atoms with Crippen molar-refractivity contribution in [3.63, 3.8) is 0 Å². The van der Waals surface area contributed by atoms with E-state index < -0.39 is 11.4 Å². The van der Waals surface area contributed by atoms with Crippen LogP contribution in [0.25, 0.3) is 0 Å². The van der Waals surface area contributed by atoms with E-state index in [1.807, 2.05) is 13.8 Å². The highest BCUT2D eigenvalue weighted by molar-refractivity contribution is 5.72. The van der Waals surface area contributed by atoms with E-state index in [-0.39, 0.29) is 30.7 Å². The van der Waals surface area contributed by atoms with Crippen LogP contribution >= 0.6 is 0 Å². The second-order valence-corrected chi connectivity index (χ2v) is 5.37. The summed E-state index contributed by atoms with van der Waals surface area (Å²) < 4.78 is 22.3. The molecular formula is C12H18O5. The van der Waals surface area contributed by atoms with Crippen molar-refractivity contribution in [2.24, 2.45) is 0 Å². The Bertz CT molecular complexity index is 353. The van der Waals surface area contributed by atoms with Crippen LogP contribution < -0.4 is 0 Å². The van der Waals surface area contributed by atoms with Gasteiger partial charge in [0.1, 0.15) is 11.7 Å². The van der Waals surface area contributed by atoms with Crippen molar-refractivity contribution in [3.05, 3.63) is 0 Å². The Morgan fingerprint density at radius 3 is 2.82 bits per heavy atom. The Kier molecular flexibility index (Phi) is 2.31. The van der Waals surface area contributed by atoms with Crippen LogP contribution in [0.2, 0.25) is 0 Å². The van der Waals surface area contributed by atoms with Crippen molar-refractivity contribution < 1.29 is 23.7 Å². The summed E-state index contributed by atoms with van der Waals surface area (Å²) >= 11 is 0. The number of fused-ring (bicyclic) bond motifs is 3. The number of epoxide rings is 1. The van der Waals surface area contributed by atoms with Gasteiger partial charge in [0.2, 0.25) is 0 Å². The number of esters is 1. The quantitative estimate of drug-likeness (QED) is 0.546. The second-order valence-electron chi connectivity index (χ2n) is 5.37. The average molecular weight is 242 g/mol. The third kappa shape index (κ3) is 1.68. The maximum Gasteiger partial charge on any atom is 0.308 e. The number of ether oxygens (including phenoxy) is 4. The van der Waals surface area contributed by atoms with Gasteiger partial charge in [-0.25, -0.2) is 0 Å². The van der Waals surface area contributed by atoms with Crippen molar-refractivity contribution >= 4 is 5.97 Å². The number of hydrogen-bond acceptors (Lipinski definition) is 5. The maximum absolute atomic E-state index is 11.6. The topological polar surface area (TPSA) is 57.3 Å². The second kappa shape index (κ2) is 3.43. The van der Waals surface area contributed by atoms with Gasteiger partial charge in [0.05, 0.1) is 25.2 Å². The molecule has 3 aliphatic rings. The molecule has 3 rings (SSSR count). The summed E-state index contributed by atoms with van der Waals surface area (Å²) in [5, 5.41) is 0. The fourth-order valence-electron chi connectivity index (χ4n) is 3.06. The van der Waals surface area contributed by atoms with Gasteiger partial charge in [0, 0.05) is 6.42 Å². The third-order valence-corrected chi connectivity index (χ3v) is 3.69. The molecule has 2 saturated heterocycles. The van der Waals surface area contributed by atoms with Crippen LogP contribution in [0.1, 0.15) is 33.6 Å². The minimum absolute atomic E-state index is 0.0539. The highest BCUT2D eigenvalue weighted by Crippen LogP contribution is 2.58. The molecule has 1 aliphatic carbocycles. The van der Waals surface area contributed by atoms with Gasteiger partial charge in [0.15, 0.2) is 5.79 Å². The fraction of sp³-hybridized carbons (Fsp3) is 0.917. The zero-order chi connectivity index (χ0) is 12.3. The molecule has 0 amide bonds. The highest BCUT2D eigenvalue weighted by Gasteiger charge is 2.74. The molecule has 1 saturated carbocycles. The molecule has 0 N–H and O–H groups in total. The summed E-state index contributed by atoms with van der Waals surface area (Å²) in [6, 6.07) is 0. The normalized spacial score (nSPS) is 45.2. The summed E-state index contributed by atoms with van der Waals surface area (Å²) in [7, 11) is 0. The van der Waals surface area contributed by atoms with Crippen LogP contribution in [0.5, 0.6) is 0 Å². The first kappa shape index (κ1) is 11.4. The van der Waals surface area contributed by atoms with Crippen LogP contribution in [0.15, 0.2) is 0 Å². The molecule has 3 fully saturated rings. The molecular weight excluding hydrogens is 224 g/mol. The smallest absolute Gasteiger partial charge is 0.308 e. The van der Waals surface area contributed by atoms with E-state index in [1.165, 1.54) is 0 Å². The molecule has 5 heteroatoms. The lowest BCUT2D eigenvalue weighted by Crippen LogP contribution is -2.36. The molecule has 0 radical (unpaired) electrons. The molecule has 0 unspecified atom stereocenters. The first-order valence-electron chi connectivity index (χ1n) is 6.16. The fourth-order valence-corrected chi connectivity index (χ4v) is 3.06. The predicted molar refractivity (Wildman–Crippen MR) is 57.3 cm³/mol. The van der Waals surface area contributed by atoms with Gasteiger partial charge in [-0.2, -0.15) is 0 Å². The third-order valence-electron chi connectivity index (χ3n) is 3.69. The lowest BCUT2D eigenvalue weighted by Gasteiger charge is -2.20. The zero-order valence-electron chi connectivity index (χ0n) is 10.4. The molecule has 0 spiro atoms. The number of carbonyl (C=O) groups is 1. The summed E-state index contributed by atoms with van der Waals surface area (Å²) in [5.41, 5.74) is -0.481. The molecule has 0 aromatic rings. The van der Waals surface area contributed by atoms with E-state index in [0.29, 0.717) is 6.61 Å². The van der Waals surface area contributed by atoms with Crippen LogP contribution in [0.3, 0.4) is 0 Å². The van der Waals surface area contributed by atoms with E-state index in [0.717, 1.165) is 6.42 Å². The lowest BCUT2D eigenvalue weighted by atomic mass is 10.00. The van der Waals surface area contributed by atoms with Crippen molar-refractivity contribution in [1.82, 2.24) is 0 Å². The SMILES string of the molecule is CCOC(=O)C[C@@]12O[C@@H]1C[C@@H]1OC(C)(C)O[C@@H]12. The minimum Gasteiger partial charge on any atom is -0.466 e. The first-order valence-corrected chi connectivity index (χ1v) is 6.16. The van der Waals surface area contributed by atoms with E-state index in [2.05, 4.69) is 0 Å². The average Bonchev–Trinajstić information content (AvgIpc) is 2.66. The van der Waals surface area contributed by atoms with Crippen molar-refractivity contribution in [2.45, 2.75) is 63.3 Å². The zero-order valence-corrected chi connectivity index (χ0v) is 10.4. The standard InChI is InChI=1S/C12H18O5/c1-4-14-9(13)6-12-8(16-12)5-7-10(12)17-11(2,3)15-7/h7-8,10H,4-6H2,1-3H3/t7-,8+,10-,12+/m0/s1. The molecule has 4 atom stereocenters. The van der Waals surface area contributed by atoms with Gasteiger partial charge >= 0.3 is 5.97 Å². The van der Waals surface area contributed by atoms with Crippen molar-refractivity contribution in [2.75, 3.05) is 6.61 Å². The molecule has 96 valence electrons. The summed E-state index contributed by atoms with van der Waals surface area (Å²) in [6.07, 6.45) is 1.10. The predicted octanol–water partition coefficient (Wildman–Crippen LogP) is 1.00. The Labute approximate surface area is 100 Å². The maximum atomic E-state index is 11.6. The van der Waals surface area contributed by atoms with Crippen LogP contribution in [-0.4, -0.2) is 42.3 Å². The Balaban J connectivity index is 1.71. The van der Waals surface area contributed by atoms with E-state index in [9.17, 15) is 4.79 Å². The number of rotatable bonds is 3. The number of carbonyl (C=O) groups excluding carboxylic acids is 1. The van der Waals surface area contributed by atoms with Gasteiger partial charge in [-0.05, 0) is 20.8 Å². The molecule has 2 aliphatic heterocycles. The van der Waals surface area contributed by atoms with Crippen molar-refractivity contribution in [1.29, 1.82) is 0 Å². The van der Waals surface area contributed by atoms with E-state index >= 15 is 0 Å². The Morgan fingerprint density at radius 2 is 2.12 bits per heavy atom. The Morgan fingerprint density at radius 1 is 1.35 bits per heavy atom. The van der Waals surface area contributed by atoms with Crippen molar-refractivity contribution in [3.8, 4) is 0 Å². The van der Waals surface area contributed by atoms with Crippen LogP contribution in [0.4, 0.5) is 0 Å². The first-order chi connectivity index (χ1) is 7.97. The van der Waals surface area contributed by atoms with Crippen LogP contribution in [-0.2, 0) is 23.7 Å². The largest absolute Gasteiger partial charge is 0.466 e. The monoisotopic (exact) mass is 242 g/mol. The Hall–Kier alpha value is -0.650. The molecule has 0 bridgehead atoms. The summed E-state index contributed by atoms with van der Waals surface area (Å²) in [4.78, 5) is 11.6. The van der Waals surface area contributed by atoms with Gasteiger partial charge in [-0.3, -0.25) is 4.79 Å². The highest BCUT2D eigenvalue weighted by atomic mass is 16.8. The summed E-state index contributed by atoms with van der Waals surface area (Å²) in [6.45, 7) is 5.98. The van der Waals surface area contributed by atoms with E-state index in [1.54, 1.807) is 6.92 Å². The van der Waals surface area contributed by atoms with Gasteiger partial charge in [-0.1, -0.05) is 0 Å². The lowest BCUT2D eigenvalue weighted by molar-refractivity contribution is -0.158. The molecule has 5 nitrogen and oxygen atoms in total. The van der Waals surface area contributed by atoms with E-state index in [4.69, 9.17) is 18.9 Å². The van der Waals surface area contributed by atoms with Gasteiger partial charge < -0.3 is 18.9 Å².